The molecule has 0 spiro atoms. The fraction of sp³-hybridized carbons (Fsp3) is 0.938. The van der Waals surface area contributed by atoms with Gasteiger partial charge in [-0.3, -0.25) is 10.1 Å². The number of rotatable bonds is 9. The van der Waals surface area contributed by atoms with Crippen molar-refractivity contribution in [2.24, 2.45) is 0 Å². The van der Waals surface area contributed by atoms with E-state index in [2.05, 4.69) is 17.1 Å². The van der Waals surface area contributed by atoms with E-state index in [1.807, 2.05) is 6.92 Å². The Morgan fingerprint density at radius 1 is 1.43 bits per heavy atom. The largest absolute Gasteiger partial charge is 0.468 e. The summed E-state index contributed by atoms with van der Waals surface area (Å²) in [6.07, 6.45) is 5.80. The lowest BCUT2D eigenvalue weighted by molar-refractivity contribution is -0.148. The van der Waals surface area contributed by atoms with Gasteiger partial charge in [-0.2, -0.15) is 0 Å². The first-order valence-corrected chi connectivity index (χ1v) is 8.27. The van der Waals surface area contributed by atoms with Crippen LogP contribution in [-0.2, 0) is 14.3 Å². The molecular weight excluding hydrogens is 268 g/mol. The highest BCUT2D eigenvalue weighted by atomic mass is 16.5. The number of esters is 1. The number of likely N-dealkylation sites (N-methyl/N-ethyl adjacent to an activating group) is 1. The molecule has 1 saturated carbocycles. The molecule has 0 amide bonds. The summed E-state index contributed by atoms with van der Waals surface area (Å²) in [6, 6.07) is 0.488. The molecule has 2 aliphatic rings. The lowest BCUT2D eigenvalue weighted by atomic mass is 9.97. The number of carbonyl (C=O) groups is 1. The van der Waals surface area contributed by atoms with Crippen LogP contribution in [0.1, 0.15) is 46.0 Å². The van der Waals surface area contributed by atoms with Crippen molar-refractivity contribution in [2.45, 2.75) is 63.6 Å². The molecule has 1 aliphatic heterocycles. The SMILES string of the molecule is CCN(CCC(C)(NC1CC1)C(=O)OC)CC1CCCO1. The minimum Gasteiger partial charge on any atom is -0.468 e. The number of hydrogen-bond acceptors (Lipinski definition) is 5. The van der Waals surface area contributed by atoms with Crippen LogP contribution in [0.25, 0.3) is 0 Å². The van der Waals surface area contributed by atoms with Crippen LogP contribution < -0.4 is 5.32 Å². The lowest BCUT2D eigenvalue weighted by Gasteiger charge is -2.31. The van der Waals surface area contributed by atoms with E-state index in [1.165, 1.54) is 26.4 Å². The highest BCUT2D eigenvalue weighted by Gasteiger charge is 2.39. The molecule has 0 aromatic rings. The fourth-order valence-corrected chi connectivity index (χ4v) is 2.97. The molecular formula is C16H30N2O3. The van der Waals surface area contributed by atoms with Gasteiger partial charge in [0.25, 0.3) is 0 Å². The summed E-state index contributed by atoms with van der Waals surface area (Å²) in [5.74, 6) is -0.150. The zero-order valence-electron chi connectivity index (χ0n) is 13.7. The van der Waals surface area contributed by atoms with Crippen molar-refractivity contribution in [1.29, 1.82) is 0 Å². The van der Waals surface area contributed by atoms with Crippen molar-refractivity contribution < 1.29 is 14.3 Å². The van der Waals surface area contributed by atoms with Gasteiger partial charge in [0.15, 0.2) is 0 Å². The van der Waals surface area contributed by atoms with E-state index in [4.69, 9.17) is 9.47 Å². The Morgan fingerprint density at radius 3 is 2.71 bits per heavy atom. The van der Waals surface area contributed by atoms with Gasteiger partial charge in [0, 0.05) is 25.7 Å². The topological polar surface area (TPSA) is 50.8 Å². The number of nitrogens with zero attached hydrogens (tertiary/aromatic N) is 1. The first-order valence-electron chi connectivity index (χ1n) is 8.27. The molecule has 1 saturated heterocycles. The Morgan fingerprint density at radius 2 is 2.19 bits per heavy atom. The lowest BCUT2D eigenvalue weighted by Crippen LogP contribution is -2.53. The first-order chi connectivity index (χ1) is 10.1. The summed E-state index contributed by atoms with van der Waals surface area (Å²) in [5, 5.41) is 3.46. The van der Waals surface area contributed by atoms with Gasteiger partial charge in [-0.25, -0.2) is 0 Å². The summed E-state index contributed by atoms with van der Waals surface area (Å²) >= 11 is 0. The molecule has 122 valence electrons. The number of methoxy groups -OCH3 is 1. The molecule has 1 N–H and O–H groups in total. The average molecular weight is 298 g/mol. The number of hydrogen-bond donors (Lipinski definition) is 1. The Hall–Kier alpha value is -0.650. The maximum Gasteiger partial charge on any atom is 0.325 e. The minimum atomic E-state index is -0.570. The monoisotopic (exact) mass is 298 g/mol. The van der Waals surface area contributed by atoms with Crippen molar-refractivity contribution in [1.82, 2.24) is 10.2 Å². The Bertz CT molecular complexity index is 340. The maximum atomic E-state index is 12.1. The minimum absolute atomic E-state index is 0.150. The summed E-state index contributed by atoms with van der Waals surface area (Å²) in [4.78, 5) is 14.5. The van der Waals surface area contributed by atoms with Gasteiger partial charge in [0.2, 0.25) is 0 Å². The highest BCUT2D eigenvalue weighted by molar-refractivity contribution is 5.80. The third-order valence-corrected chi connectivity index (χ3v) is 4.60. The Labute approximate surface area is 128 Å². The molecule has 5 nitrogen and oxygen atoms in total. The molecule has 21 heavy (non-hydrogen) atoms. The van der Waals surface area contributed by atoms with Crippen molar-refractivity contribution >= 4 is 5.97 Å². The molecule has 0 aromatic heterocycles. The molecule has 0 radical (unpaired) electrons. The second kappa shape index (κ2) is 7.56. The smallest absolute Gasteiger partial charge is 0.325 e. The van der Waals surface area contributed by atoms with Crippen LogP contribution in [-0.4, -0.2) is 61.9 Å². The third-order valence-electron chi connectivity index (χ3n) is 4.60. The van der Waals surface area contributed by atoms with E-state index in [0.29, 0.717) is 12.1 Å². The molecule has 5 heteroatoms. The van der Waals surface area contributed by atoms with Gasteiger partial charge in [0.05, 0.1) is 13.2 Å². The van der Waals surface area contributed by atoms with Crippen LogP contribution in [0, 0.1) is 0 Å². The van der Waals surface area contributed by atoms with Crippen molar-refractivity contribution in [3.05, 3.63) is 0 Å². The van der Waals surface area contributed by atoms with E-state index in [-0.39, 0.29) is 5.97 Å². The standard InChI is InChI=1S/C16H30N2O3/c1-4-18(12-14-6-5-11-21-14)10-9-16(2,15(19)20-3)17-13-7-8-13/h13-14,17H,4-12H2,1-3H3. The highest BCUT2D eigenvalue weighted by Crippen LogP contribution is 2.25. The average Bonchev–Trinajstić information content (AvgIpc) is 3.14. The fourth-order valence-electron chi connectivity index (χ4n) is 2.97. The normalized spacial score (nSPS) is 25.0. The predicted octanol–water partition coefficient (Wildman–Crippen LogP) is 1.56. The Kier molecular flexibility index (Phi) is 6.02. The molecule has 1 aliphatic carbocycles. The van der Waals surface area contributed by atoms with Crippen molar-refractivity contribution in [2.75, 3.05) is 33.4 Å². The molecule has 2 rings (SSSR count). The number of nitrogens with one attached hydrogen (secondary N) is 1. The molecule has 1 heterocycles. The molecule has 2 fully saturated rings. The third kappa shape index (κ3) is 4.94. The maximum absolute atomic E-state index is 12.1. The summed E-state index contributed by atoms with van der Waals surface area (Å²) < 4.78 is 10.7. The van der Waals surface area contributed by atoms with Crippen LogP contribution in [0.3, 0.4) is 0 Å². The van der Waals surface area contributed by atoms with E-state index in [1.54, 1.807) is 0 Å². The van der Waals surface area contributed by atoms with Gasteiger partial charge in [0.1, 0.15) is 5.54 Å². The number of carbonyl (C=O) groups excluding carboxylic acids is 1. The van der Waals surface area contributed by atoms with Gasteiger partial charge < -0.3 is 14.4 Å². The van der Waals surface area contributed by atoms with Crippen molar-refractivity contribution in [3.63, 3.8) is 0 Å². The van der Waals surface area contributed by atoms with Crippen LogP contribution in [0.5, 0.6) is 0 Å². The van der Waals surface area contributed by atoms with E-state index in [9.17, 15) is 4.79 Å². The van der Waals surface area contributed by atoms with Gasteiger partial charge in [-0.15, -0.1) is 0 Å². The molecule has 0 bridgehead atoms. The molecule has 2 unspecified atom stereocenters. The zero-order chi connectivity index (χ0) is 15.3. The van der Waals surface area contributed by atoms with Crippen LogP contribution >= 0.6 is 0 Å². The van der Waals surface area contributed by atoms with E-state index in [0.717, 1.165) is 39.1 Å². The summed E-state index contributed by atoms with van der Waals surface area (Å²) in [5.41, 5.74) is -0.570. The van der Waals surface area contributed by atoms with Crippen LogP contribution in [0.4, 0.5) is 0 Å². The summed E-state index contributed by atoms with van der Waals surface area (Å²) in [6.45, 7) is 7.88. The second-order valence-electron chi connectivity index (χ2n) is 6.52. The van der Waals surface area contributed by atoms with Gasteiger partial charge in [-0.05, 0) is 45.6 Å². The van der Waals surface area contributed by atoms with Gasteiger partial charge >= 0.3 is 5.97 Å². The Balaban J connectivity index is 1.84. The predicted molar refractivity (Wildman–Crippen MR) is 82.3 cm³/mol. The van der Waals surface area contributed by atoms with E-state index < -0.39 is 5.54 Å². The first kappa shape index (κ1) is 16.7. The van der Waals surface area contributed by atoms with Crippen LogP contribution in [0.2, 0.25) is 0 Å². The van der Waals surface area contributed by atoms with Crippen molar-refractivity contribution in [3.8, 4) is 0 Å². The molecule has 2 atom stereocenters. The zero-order valence-corrected chi connectivity index (χ0v) is 13.7. The van der Waals surface area contributed by atoms with E-state index >= 15 is 0 Å². The number of ether oxygens (including phenoxy) is 2. The molecule has 0 aromatic carbocycles. The van der Waals surface area contributed by atoms with Gasteiger partial charge in [-0.1, -0.05) is 6.92 Å². The summed E-state index contributed by atoms with van der Waals surface area (Å²) in [7, 11) is 1.47. The second-order valence-corrected chi connectivity index (χ2v) is 6.52. The quantitative estimate of drug-likeness (QED) is 0.655. The van der Waals surface area contributed by atoms with Crippen LogP contribution in [0.15, 0.2) is 0 Å².